The maximum atomic E-state index is 12.7. The van der Waals surface area contributed by atoms with E-state index >= 15 is 0 Å². The zero-order valence-corrected chi connectivity index (χ0v) is 18.9. The molecule has 0 saturated carbocycles. The lowest BCUT2D eigenvalue weighted by atomic mass is 9.88. The van der Waals surface area contributed by atoms with Crippen molar-refractivity contribution >= 4 is 28.2 Å². The predicted octanol–water partition coefficient (Wildman–Crippen LogP) is 3.08. The summed E-state index contributed by atoms with van der Waals surface area (Å²) < 4.78 is 6.85. The third-order valence-electron chi connectivity index (χ3n) is 5.65. The summed E-state index contributed by atoms with van der Waals surface area (Å²) >= 11 is 1.51. The number of likely N-dealkylation sites (N-methyl/N-ethyl adjacent to an activating group) is 1. The van der Waals surface area contributed by atoms with Crippen LogP contribution in [0.5, 0.6) is 0 Å². The Hall–Kier alpha value is -2.19. The van der Waals surface area contributed by atoms with Crippen LogP contribution in [0.2, 0.25) is 0 Å². The second-order valence-electron chi connectivity index (χ2n) is 8.04. The molecule has 8 heteroatoms. The number of esters is 1. The molecule has 2 aromatic heterocycles. The number of thiophene rings is 1. The highest BCUT2D eigenvalue weighted by Gasteiger charge is 2.29. The number of anilines is 1. The quantitative estimate of drug-likeness (QED) is 0.730. The molecule has 29 heavy (non-hydrogen) atoms. The first-order valence-corrected chi connectivity index (χ1v) is 10.7. The van der Waals surface area contributed by atoms with Crippen LogP contribution in [0.4, 0.5) is 5.00 Å². The first kappa shape index (κ1) is 21.5. The number of rotatable bonds is 6. The molecular formula is C21H30N4O3S. The van der Waals surface area contributed by atoms with Crippen molar-refractivity contribution in [3.63, 3.8) is 0 Å². The molecule has 1 aliphatic rings. The topological polar surface area (TPSA) is 76.5 Å². The summed E-state index contributed by atoms with van der Waals surface area (Å²) in [4.78, 5) is 28.2. The van der Waals surface area contributed by atoms with E-state index in [-0.39, 0.29) is 18.4 Å². The van der Waals surface area contributed by atoms with E-state index in [2.05, 4.69) is 17.3 Å². The van der Waals surface area contributed by atoms with Crippen LogP contribution in [0.3, 0.4) is 0 Å². The molecular weight excluding hydrogens is 388 g/mol. The van der Waals surface area contributed by atoms with E-state index in [0.717, 1.165) is 41.8 Å². The molecule has 0 saturated heterocycles. The minimum absolute atomic E-state index is 0.136. The van der Waals surface area contributed by atoms with Crippen molar-refractivity contribution < 1.29 is 14.3 Å². The van der Waals surface area contributed by atoms with E-state index in [9.17, 15) is 9.59 Å². The van der Waals surface area contributed by atoms with Crippen LogP contribution < -0.4 is 5.32 Å². The van der Waals surface area contributed by atoms with Gasteiger partial charge in [0, 0.05) is 29.7 Å². The maximum absolute atomic E-state index is 12.7. The highest BCUT2D eigenvalue weighted by molar-refractivity contribution is 7.17. The molecule has 1 N–H and O–H groups in total. The number of hydrogen-bond donors (Lipinski definition) is 1. The van der Waals surface area contributed by atoms with Gasteiger partial charge < -0.3 is 10.1 Å². The number of carbonyl (C=O) groups is 2. The minimum Gasteiger partial charge on any atom is -0.465 e. The number of fused-ring (bicyclic) bond motifs is 1. The molecule has 1 atom stereocenters. The Bertz CT molecular complexity index is 931. The fraction of sp³-hybridized carbons (Fsp3) is 0.571. The normalized spacial score (nSPS) is 16.0. The van der Waals surface area contributed by atoms with Gasteiger partial charge in [-0.1, -0.05) is 6.92 Å². The summed E-state index contributed by atoms with van der Waals surface area (Å²) in [6.07, 6.45) is 2.85. The average molecular weight is 419 g/mol. The van der Waals surface area contributed by atoms with Crippen molar-refractivity contribution in [2.45, 2.75) is 46.6 Å². The highest BCUT2D eigenvalue weighted by atomic mass is 32.1. The van der Waals surface area contributed by atoms with Crippen molar-refractivity contribution in [1.82, 2.24) is 14.7 Å². The van der Waals surface area contributed by atoms with Crippen molar-refractivity contribution in [3.8, 4) is 0 Å². The van der Waals surface area contributed by atoms with Crippen LogP contribution in [-0.4, -0.2) is 47.3 Å². The van der Waals surface area contributed by atoms with Crippen molar-refractivity contribution in [2.24, 2.45) is 13.0 Å². The Labute approximate surface area is 176 Å². The van der Waals surface area contributed by atoms with Crippen molar-refractivity contribution in [1.29, 1.82) is 0 Å². The summed E-state index contributed by atoms with van der Waals surface area (Å²) in [5.41, 5.74) is 4.80. The Morgan fingerprint density at radius 1 is 1.38 bits per heavy atom. The number of nitrogens with zero attached hydrogens (tertiary/aromatic N) is 3. The zero-order valence-electron chi connectivity index (χ0n) is 18.1. The number of carbonyl (C=O) groups excluding carboxylic acids is 2. The standard InChI is InChI=1S/C21H30N4O3S/c1-12-7-8-15-17(9-12)29-20(19(15)21(27)28-6)22-18(26)11-24(4)10-16-13(2)23-25(5)14(16)3/h12H,7-11H2,1-6H3,(H,22,26). The molecule has 158 valence electrons. The Balaban J connectivity index is 1.72. The van der Waals surface area contributed by atoms with E-state index in [1.165, 1.54) is 23.3 Å². The fourth-order valence-corrected chi connectivity index (χ4v) is 5.36. The van der Waals surface area contributed by atoms with Gasteiger partial charge in [-0.15, -0.1) is 11.3 Å². The van der Waals surface area contributed by atoms with Gasteiger partial charge in [-0.2, -0.15) is 5.10 Å². The van der Waals surface area contributed by atoms with Gasteiger partial charge in [-0.25, -0.2) is 4.79 Å². The molecule has 0 fully saturated rings. The minimum atomic E-state index is -0.373. The molecule has 1 amide bonds. The molecule has 0 bridgehead atoms. The van der Waals surface area contributed by atoms with Gasteiger partial charge in [0.2, 0.25) is 5.91 Å². The summed E-state index contributed by atoms with van der Waals surface area (Å²) in [5, 5.41) is 8.01. The molecule has 0 spiro atoms. The van der Waals surface area contributed by atoms with Gasteiger partial charge >= 0.3 is 5.97 Å². The second kappa shape index (κ2) is 8.67. The lowest BCUT2D eigenvalue weighted by molar-refractivity contribution is -0.117. The smallest absolute Gasteiger partial charge is 0.341 e. The number of ether oxygens (including phenoxy) is 1. The number of methoxy groups -OCH3 is 1. The molecule has 2 heterocycles. The Kier molecular flexibility index (Phi) is 6.43. The predicted molar refractivity (Wildman–Crippen MR) is 114 cm³/mol. The van der Waals surface area contributed by atoms with Gasteiger partial charge in [-0.05, 0) is 51.6 Å². The SMILES string of the molecule is COC(=O)c1c(NC(=O)CN(C)Cc2c(C)nn(C)c2C)sc2c1CCC(C)C2. The highest BCUT2D eigenvalue weighted by Crippen LogP contribution is 2.40. The monoisotopic (exact) mass is 418 g/mol. The van der Waals surface area contributed by atoms with Crippen LogP contribution >= 0.6 is 11.3 Å². The molecule has 0 radical (unpaired) electrons. The van der Waals surface area contributed by atoms with Gasteiger partial charge in [0.1, 0.15) is 5.00 Å². The van der Waals surface area contributed by atoms with Crippen LogP contribution in [0.1, 0.15) is 51.1 Å². The van der Waals surface area contributed by atoms with E-state index in [1.807, 2.05) is 37.5 Å². The molecule has 2 aromatic rings. The Morgan fingerprint density at radius 3 is 2.72 bits per heavy atom. The number of aromatic nitrogens is 2. The Morgan fingerprint density at radius 2 is 2.10 bits per heavy atom. The van der Waals surface area contributed by atoms with E-state index in [4.69, 9.17) is 4.74 Å². The molecule has 0 aliphatic heterocycles. The molecule has 1 unspecified atom stereocenters. The summed E-state index contributed by atoms with van der Waals surface area (Å²) in [5.74, 6) is 0.0816. The molecule has 1 aliphatic carbocycles. The van der Waals surface area contributed by atoms with Crippen LogP contribution in [0.15, 0.2) is 0 Å². The van der Waals surface area contributed by atoms with E-state index in [0.29, 0.717) is 23.0 Å². The molecule has 3 rings (SSSR count). The van der Waals surface area contributed by atoms with Gasteiger partial charge in [0.25, 0.3) is 0 Å². The van der Waals surface area contributed by atoms with E-state index < -0.39 is 0 Å². The zero-order chi connectivity index (χ0) is 21.3. The van der Waals surface area contributed by atoms with Crippen LogP contribution in [-0.2, 0) is 36.0 Å². The first-order valence-electron chi connectivity index (χ1n) is 9.91. The number of amides is 1. The number of aryl methyl sites for hydroxylation is 2. The van der Waals surface area contributed by atoms with Crippen LogP contribution in [0, 0.1) is 19.8 Å². The second-order valence-corrected chi connectivity index (χ2v) is 9.15. The molecule has 7 nitrogen and oxygen atoms in total. The average Bonchev–Trinajstić information content (AvgIpc) is 3.11. The third kappa shape index (κ3) is 4.53. The third-order valence-corrected chi connectivity index (χ3v) is 6.82. The van der Waals surface area contributed by atoms with Crippen LogP contribution in [0.25, 0.3) is 0 Å². The fourth-order valence-electron chi connectivity index (χ4n) is 3.94. The van der Waals surface area contributed by atoms with Crippen molar-refractivity contribution in [2.75, 3.05) is 26.0 Å². The first-order chi connectivity index (χ1) is 13.7. The maximum Gasteiger partial charge on any atom is 0.341 e. The lowest BCUT2D eigenvalue weighted by Crippen LogP contribution is -2.30. The van der Waals surface area contributed by atoms with E-state index in [1.54, 1.807) is 0 Å². The van der Waals surface area contributed by atoms with Crippen molar-refractivity contribution in [3.05, 3.63) is 33.0 Å². The summed E-state index contributed by atoms with van der Waals surface area (Å²) in [6.45, 7) is 7.10. The number of nitrogens with one attached hydrogen (secondary N) is 1. The number of hydrogen-bond acceptors (Lipinski definition) is 6. The van der Waals surface area contributed by atoms with Gasteiger partial charge in [0.05, 0.1) is 24.9 Å². The summed E-state index contributed by atoms with van der Waals surface area (Å²) in [6, 6.07) is 0. The summed E-state index contributed by atoms with van der Waals surface area (Å²) in [7, 11) is 5.22. The van der Waals surface area contributed by atoms with Gasteiger partial charge in [-0.3, -0.25) is 14.4 Å². The lowest BCUT2D eigenvalue weighted by Gasteiger charge is -2.18. The molecule has 0 aromatic carbocycles. The van der Waals surface area contributed by atoms with Gasteiger partial charge in [0.15, 0.2) is 0 Å². The largest absolute Gasteiger partial charge is 0.465 e.